The molecule has 1 aromatic heterocycles. The zero-order valence-corrected chi connectivity index (χ0v) is 6.78. The van der Waals surface area contributed by atoms with Crippen LogP contribution in [0.5, 0.6) is 0 Å². The van der Waals surface area contributed by atoms with E-state index in [4.69, 9.17) is 0 Å². The van der Waals surface area contributed by atoms with Crippen molar-refractivity contribution in [2.24, 2.45) is 0 Å². The number of carbonyl (C=O) groups excluding carboxylic acids is 1. The van der Waals surface area contributed by atoms with Crippen molar-refractivity contribution >= 4 is 17.1 Å². The maximum atomic E-state index is 11.3. The van der Waals surface area contributed by atoms with Crippen LogP contribution >= 0.6 is 0 Å². The summed E-state index contributed by atoms with van der Waals surface area (Å²) in [4.78, 5) is 24.5. The molecule has 0 spiro atoms. The molecule has 64 valence electrons. The molecule has 3 heteroatoms. The lowest BCUT2D eigenvalue weighted by atomic mass is 10.1. The van der Waals surface area contributed by atoms with E-state index in [2.05, 4.69) is 4.98 Å². The molecule has 0 saturated carbocycles. The van der Waals surface area contributed by atoms with E-state index in [1.807, 2.05) is 0 Å². The number of rotatable bonds is 1. The summed E-state index contributed by atoms with van der Waals surface area (Å²) in [6, 6.07) is 6.96. The molecule has 2 aromatic rings. The molecule has 13 heavy (non-hydrogen) atoms. The number of benzene rings is 1. The Morgan fingerprint density at radius 2 is 2.08 bits per heavy atom. The van der Waals surface area contributed by atoms with Gasteiger partial charge in [-0.25, -0.2) is 0 Å². The Kier molecular flexibility index (Phi) is 1.70. The van der Waals surface area contributed by atoms with Crippen LogP contribution in [-0.4, -0.2) is 11.3 Å². The van der Waals surface area contributed by atoms with Gasteiger partial charge in [-0.3, -0.25) is 9.59 Å². The zero-order valence-electron chi connectivity index (χ0n) is 6.78. The highest BCUT2D eigenvalue weighted by Crippen LogP contribution is 2.11. The predicted octanol–water partition coefficient (Wildman–Crippen LogP) is 1.34. The topological polar surface area (TPSA) is 49.9 Å². The fraction of sp³-hybridized carbons (Fsp3) is 0. The van der Waals surface area contributed by atoms with E-state index < -0.39 is 0 Å². The number of fused-ring (bicyclic) bond motifs is 1. The smallest absolute Gasteiger partial charge is 0.256 e. The molecule has 0 aliphatic rings. The molecule has 0 atom stereocenters. The van der Waals surface area contributed by atoms with Crippen LogP contribution in [0, 0.1) is 0 Å². The maximum Gasteiger partial charge on any atom is 0.256 e. The summed E-state index contributed by atoms with van der Waals surface area (Å²) < 4.78 is 0. The third-order valence-corrected chi connectivity index (χ3v) is 1.96. The molecule has 0 radical (unpaired) electrons. The van der Waals surface area contributed by atoms with Crippen molar-refractivity contribution in [3.8, 4) is 0 Å². The average molecular weight is 173 g/mol. The van der Waals surface area contributed by atoms with Crippen molar-refractivity contribution in [3.63, 3.8) is 0 Å². The molecule has 0 amide bonds. The van der Waals surface area contributed by atoms with Crippen molar-refractivity contribution in [3.05, 3.63) is 46.4 Å². The highest BCUT2D eigenvalue weighted by atomic mass is 16.1. The second kappa shape index (κ2) is 2.86. The fourth-order valence-corrected chi connectivity index (χ4v) is 1.37. The summed E-state index contributed by atoms with van der Waals surface area (Å²) in [5, 5.41) is 1.24. The molecule has 2 rings (SSSR count). The summed E-state index contributed by atoms with van der Waals surface area (Å²) in [7, 11) is 0. The van der Waals surface area contributed by atoms with Gasteiger partial charge in [-0.15, -0.1) is 0 Å². The molecule has 0 saturated heterocycles. The monoisotopic (exact) mass is 173 g/mol. The Bertz CT molecular complexity index is 508. The van der Waals surface area contributed by atoms with Crippen LogP contribution in [0.4, 0.5) is 0 Å². The second-order valence-electron chi connectivity index (χ2n) is 2.74. The summed E-state index contributed by atoms with van der Waals surface area (Å²) >= 11 is 0. The number of hydrogen-bond donors (Lipinski definition) is 1. The SMILES string of the molecule is O=Cc1cccc2cc[nH]c(=O)c12. The molecule has 0 aliphatic heterocycles. The van der Waals surface area contributed by atoms with Crippen molar-refractivity contribution in [1.82, 2.24) is 4.98 Å². The third-order valence-electron chi connectivity index (χ3n) is 1.96. The number of aromatic amines is 1. The van der Waals surface area contributed by atoms with E-state index in [9.17, 15) is 9.59 Å². The molecule has 0 fully saturated rings. The van der Waals surface area contributed by atoms with Crippen molar-refractivity contribution in [2.75, 3.05) is 0 Å². The first-order valence-corrected chi connectivity index (χ1v) is 3.88. The number of aldehydes is 1. The van der Waals surface area contributed by atoms with Gasteiger partial charge in [0.2, 0.25) is 0 Å². The first-order valence-electron chi connectivity index (χ1n) is 3.88. The van der Waals surface area contributed by atoms with Crippen LogP contribution in [0.3, 0.4) is 0 Å². The Hall–Kier alpha value is -1.90. The molecule has 0 unspecified atom stereocenters. The van der Waals surface area contributed by atoms with Crippen molar-refractivity contribution in [1.29, 1.82) is 0 Å². The first-order chi connectivity index (χ1) is 6.33. The lowest BCUT2D eigenvalue weighted by Gasteiger charge is -1.97. The second-order valence-corrected chi connectivity index (χ2v) is 2.74. The Morgan fingerprint density at radius 1 is 1.23 bits per heavy atom. The highest BCUT2D eigenvalue weighted by Gasteiger charge is 2.02. The van der Waals surface area contributed by atoms with Crippen LogP contribution in [0.25, 0.3) is 10.8 Å². The lowest BCUT2D eigenvalue weighted by Crippen LogP contribution is -2.06. The minimum Gasteiger partial charge on any atom is -0.329 e. The van der Waals surface area contributed by atoms with Crippen LogP contribution in [-0.2, 0) is 0 Å². The van der Waals surface area contributed by atoms with Gasteiger partial charge in [0.25, 0.3) is 5.56 Å². The maximum absolute atomic E-state index is 11.3. The van der Waals surface area contributed by atoms with E-state index in [1.54, 1.807) is 30.5 Å². The van der Waals surface area contributed by atoms with E-state index in [-0.39, 0.29) is 5.56 Å². The Balaban J connectivity index is 3.03. The first kappa shape index (κ1) is 7.73. The quantitative estimate of drug-likeness (QED) is 0.661. The van der Waals surface area contributed by atoms with E-state index >= 15 is 0 Å². The van der Waals surface area contributed by atoms with Gasteiger partial charge in [0.1, 0.15) is 0 Å². The molecule has 0 bridgehead atoms. The Labute approximate surface area is 74.0 Å². The fourth-order valence-electron chi connectivity index (χ4n) is 1.37. The molecule has 3 nitrogen and oxygen atoms in total. The number of pyridine rings is 1. The van der Waals surface area contributed by atoms with Gasteiger partial charge in [0, 0.05) is 11.8 Å². The van der Waals surface area contributed by atoms with Crippen LogP contribution < -0.4 is 5.56 Å². The van der Waals surface area contributed by atoms with Crippen LogP contribution in [0.2, 0.25) is 0 Å². The number of H-pyrrole nitrogens is 1. The molecular formula is C10H7NO2. The minimum absolute atomic E-state index is 0.222. The summed E-state index contributed by atoms with van der Waals surface area (Å²) in [5.74, 6) is 0. The van der Waals surface area contributed by atoms with E-state index in [1.165, 1.54) is 0 Å². The molecular weight excluding hydrogens is 166 g/mol. The summed E-state index contributed by atoms with van der Waals surface area (Å²) in [5.41, 5.74) is 0.208. The lowest BCUT2D eigenvalue weighted by molar-refractivity contribution is 0.112. The van der Waals surface area contributed by atoms with Crippen molar-refractivity contribution in [2.45, 2.75) is 0 Å². The Morgan fingerprint density at radius 3 is 2.85 bits per heavy atom. The number of carbonyl (C=O) groups is 1. The molecule has 0 aliphatic carbocycles. The van der Waals surface area contributed by atoms with Gasteiger partial charge in [-0.1, -0.05) is 18.2 Å². The third kappa shape index (κ3) is 1.14. The van der Waals surface area contributed by atoms with Gasteiger partial charge in [-0.2, -0.15) is 0 Å². The van der Waals surface area contributed by atoms with Gasteiger partial charge in [-0.05, 0) is 11.5 Å². The average Bonchev–Trinajstić information content (AvgIpc) is 2.17. The summed E-state index contributed by atoms with van der Waals surface area (Å²) in [6.45, 7) is 0. The minimum atomic E-state index is -0.222. The molecule has 1 N–H and O–H groups in total. The molecule has 1 aromatic carbocycles. The zero-order chi connectivity index (χ0) is 9.26. The summed E-state index contributed by atoms with van der Waals surface area (Å²) in [6.07, 6.45) is 2.26. The van der Waals surface area contributed by atoms with Gasteiger partial charge in [0.05, 0.1) is 5.39 Å². The van der Waals surface area contributed by atoms with Crippen LogP contribution in [0.15, 0.2) is 35.3 Å². The van der Waals surface area contributed by atoms with E-state index in [0.29, 0.717) is 17.2 Å². The highest BCUT2D eigenvalue weighted by molar-refractivity contribution is 5.97. The predicted molar refractivity (Wildman–Crippen MR) is 50.0 cm³/mol. The normalized spacial score (nSPS) is 10.2. The van der Waals surface area contributed by atoms with Crippen molar-refractivity contribution < 1.29 is 4.79 Å². The number of nitrogens with one attached hydrogen (secondary N) is 1. The molecule has 1 heterocycles. The van der Waals surface area contributed by atoms with Gasteiger partial charge in [0.15, 0.2) is 6.29 Å². The largest absolute Gasteiger partial charge is 0.329 e. The van der Waals surface area contributed by atoms with Gasteiger partial charge >= 0.3 is 0 Å². The van der Waals surface area contributed by atoms with Gasteiger partial charge < -0.3 is 4.98 Å². The van der Waals surface area contributed by atoms with Crippen LogP contribution in [0.1, 0.15) is 10.4 Å². The number of hydrogen-bond acceptors (Lipinski definition) is 2. The number of aromatic nitrogens is 1. The van der Waals surface area contributed by atoms with E-state index in [0.717, 1.165) is 5.39 Å². The standard InChI is InChI=1S/C10H7NO2/c12-6-8-3-1-2-7-4-5-11-10(13)9(7)8/h1-6H,(H,11,13).